The monoisotopic (exact) mass is 155 g/mol. The van der Waals surface area contributed by atoms with Crippen LogP contribution in [0.2, 0.25) is 0 Å². The zero-order chi connectivity index (χ0) is 8.27. The number of hydrogen-bond donors (Lipinski definition) is 1. The molecule has 11 heavy (non-hydrogen) atoms. The van der Waals surface area contributed by atoms with Crippen LogP contribution in [0.4, 0.5) is 0 Å². The summed E-state index contributed by atoms with van der Waals surface area (Å²) < 4.78 is 0. The van der Waals surface area contributed by atoms with Gasteiger partial charge in [-0.2, -0.15) is 0 Å². The second-order valence-electron chi connectivity index (χ2n) is 3.11. The van der Waals surface area contributed by atoms with E-state index in [9.17, 15) is 9.59 Å². The van der Waals surface area contributed by atoms with Gasteiger partial charge in [-0.1, -0.05) is 0 Å². The van der Waals surface area contributed by atoms with E-state index in [0.29, 0.717) is 25.3 Å². The molecule has 1 amide bonds. The van der Waals surface area contributed by atoms with E-state index in [4.69, 9.17) is 0 Å². The zero-order valence-electron chi connectivity index (χ0n) is 6.72. The van der Waals surface area contributed by atoms with Crippen LogP contribution in [0.5, 0.6) is 0 Å². The first-order valence-corrected chi connectivity index (χ1v) is 3.94. The molecule has 1 N–H and O–H groups in total. The maximum atomic E-state index is 10.7. The van der Waals surface area contributed by atoms with Crippen molar-refractivity contribution in [3.05, 3.63) is 0 Å². The van der Waals surface area contributed by atoms with Crippen LogP contribution in [0.1, 0.15) is 26.2 Å². The summed E-state index contributed by atoms with van der Waals surface area (Å²) in [7, 11) is 0. The van der Waals surface area contributed by atoms with E-state index >= 15 is 0 Å². The van der Waals surface area contributed by atoms with Crippen LogP contribution in [0, 0.1) is 5.92 Å². The lowest BCUT2D eigenvalue weighted by Crippen LogP contribution is -2.35. The summed E-state index contributed by atoms with van der Waals surface area (Å²) in [4.78, 5) is 21.4. The second-order valence-corrected chi connectivity index (χ2v) is 3.11. The van der Waals surface area contributed by atoms with E-state index in [0.717, 1.165) is 6.42 Å². The Morgan fingerprint density at radius 3 is 2.91 bits per heavy atom. The van der Waals surface area contributed by atoms with Crippen molar-refractivity contribution in [1.29, 1.82) is 0 Å². The van der Waals surface area contributed by atoms with Gasteiger partial charge >= 0.3 is 0 Å². The van der Waals surface area contributed by atoms with Gasteiger partial charge in [-0.15, -0.1) is 0 Å². The van der Waals surface area contributed by atoms with E-state index in [2.05, 4.69) is 5.32 Å². The molecule has 0 bridgehead atoms. The fourth-order valence-corrected chi connectivity index (χ4v) is 1.36. The van der Waals surface area contributed by atoms with Crippen molar-refractivity contribution in [2.75, 3.05) is 6.54 Å². The highest BCUT2D eigenvalue weighted by molar-refractivity contribution is 5.78. The Balaban J connectivity index is 2.28. The third-order valence-corrected chi connectivity index (χ3v) is 1.94. The number of ketones is 1. The number of rotatable bonds is 2. The summed E-state index contributed by atoms with van der Waals surface area (Å²) in [6.07, 6.45) is 2.06. The van der Waals surface area contributed by atoms with Gasteiger partial charge in [0, 0.05) is 19.4 Å². The number of nitrogens with one attached hydrogen (secondary N) is 1. The topological polar surface area (TPSA) is 46.2 Å². The summed E-state index contributed by atoms with van der Waals surface area (Å²) >= 11 is 0. The van der Waals surface area contributed by atoms with Crippen LogP contribution in [0.15, 0.2) is 0 Å². The van der Waals surface area contributed by atoms with Gasteiger partial charge in [0.15, 0.2) is 0 Å². The van der Waals surface area contributed by atoms with E-state index in [1.165, 1.54) is 0 Å². The van der Waals surface area contributed by atoms with E-state index in [-0.39, 0.29) is 11.7 Å². The summed E-state index contributed by atoms with van der Waals surface area (Å²) in [6.45, 7) is 2.27. The van der Waals surface area contributed by atoms with Crippen LogP contribution in [-0.4, -0.2) is 18.2 Å². The number of hydrogen-bond acceptors (Lipinski definition) is 2. The predicted octanol–water partition coefficient (Wildman–Crippen LogP) is 0.492. The van der Waals surface area contributed by atoms with Crippen LogP contribution in [0.3, 0.4) is 0 Å². The lowest BCUT2D eigenvalue weighted by molar-refractivity contribution is -0.124. The first-order chi connectivity index (χ1) is 5.18. The molecule has 0 aliphatic carbocycles. The Hall–Kier alpha value is -0.860. The average Bonchev–Trinajstić information content (AvgIpc) is 1.93. The first kappa shape index (κ1) is 8.24. The molecule has 1 aliphatic rings. The van der Waals surface area contributed by atoms with Gasteiger partial charge in [0.2, 0.25) is 5.91 Å². The largest absolute Gasteiger partial charge is 0.356 e. The number of amides is 1. The third-order valence-electron chi connectivity index (χ3n) is 1.94. The maximum absolute atomic E-state index is 10.7. The minimum atomic E-state index is 0.116. The minimum Gasteiger partial charge on any atom is -0.356 e. The van der Waals surface area contributed by atoms with Gasteiger partial charge in [0.25, 0.3) is 0 Å². The number of Topliss-reactive ketones (excluding diaryl/α,β-unsaturated/α-hetero) is 1. The molecule has 1 heterocycles. The summed E-state index contributed by atoms with van der Waals surface area (Å²) in [6, 6.07) is 0. The lowest BCUT2D eigenvalue weighted by atomic mass is 9.94. The standard InChI is InChI=1S/C8H13NO2/c1-6(10)4-7-2-3-8(11)9-5-7/h7H,2-5H2,1H3,(H,9,11). The van der Waals surface area contributed by atoms with Crippen LogP contribution < -0.4 is 5.32 Å². The minimum absolute atomic E-state index is 0.116. The zero-order valence-corrected chi connectivity index (χ0v) is 6.72. The smallest absolute Gasteiger partial charge is 0.220 e. The molecule has 3 nitrogen and oxygen atoms in total. The van der Waals surface area contributed by atoms with Crippen molar-refractivity contribution in [1.82, 2.24) is 5.32 Å². The first-order valence-electron chi connectivity index (χ1n) is 3.94. The van der Waals surface area contributed by atoms with E-state index in [1.54, 1.807) is 6.92 Å². The van der Waals surface area contributed by atoms with Gasteiger partial charge in [0.1, 0.15) is 5.78 Å². The molecular weight excluding hydrogens is 142 g/mol. The van der Waals surface area contributed by atoms with Crippen LogP contribution in [-0.2, 0) is 9.59 Å². The van der Waals surface area contributed by atoms with Crippen molar-refractivity contribution in [3.63, 3.8) is 0 Å². The molecule has 1 unspecified atom stereocenters. The molecule has 0 spiro atoms. The molecular formula is C8H13NO2. The van der Waals surface area contributed by atoms with Gasteiger partial charge in [-0.3, -0.25) is 4.79 Å². The lowest BCUT2D eigenvalue weighted by Gasteiger charge is -2.20. The average molecular weight is 155 g/mol. The predicted molar refractivity (Wildman–Crippen MR) is 41.0 cm³/mol. The molecule has 0 aromatic rings. The SMILES string of the molecule is CC(=O)CC1CCC(=O)NC1. The maximum Gasteiger partial charge on any atom is 0.220 e. The molecule has 1 rings (SSSR count). The van der Waals surface area contributed by atoms with Gasteiger partial charge in [0.05, 0.1) is 0 Å². The van der Waals surface area contributed by atoms with Crippen molar-refractivity contribution >= 4 is 11.7 Å². The molecule has 1 atom stereocenters. The number of carbonyl (C=O) groups is 2. The molecule has 62 valence electrons. The molecule has 1 saturated heterocycles. The molecule has 0 aromatic heterocycles. The second kappa shape index (κ2) is 3.51. The van der Waals surface area contributed by atoms with Crippen molar-refractivity contribution < 1.29 is 9.59 Å². The van der Waals surface area contributed by atoms with E-state index < -0.39 is 0 Å². The molecule has 3 heteroatoms. The Morgan fingerprint density at radius 1 is 1.73 bits per heavy atom. The quantitative estimate of drug-likeness (QED) is 0.631. The third kappa shape index (κ3) is 2.70. The fraction of sp³-hybridized carbons (Fsp3) is 0.750. The molecule has 0 saturated carbocycles. The Kier molecular flexibility index (Phi) is 2.63. The Morgan fingerprint density at radius 2 is 2.45 bits per heavy atom. The Bertz CT molecular complexity index is 167. The molecule has 1 aliphatic heterocycles. The van der Waals surface area contributed by atoms with Gasteiger partial charge in [-0.25, -0.2) is 0 Å². The highest BCUT2D eigenvalue weighted by atomic mass is 16.1. The highest BCUT2D eigenvalue weighted by Crippen LogP contribution is 2.14. The summed E-state index contributed by atoms with van der Waals surface area (Å²) in [5, 5.41) is 2.75. The molecule has 0 aromatic carbocycles. The molecule has 0 radical (unpaired) electrons. The van der Waals surface area contributed by atoms with Crippen molar-refractivity contribution in [2.24, 2.45) is 5.92 Å². The fourth-order valence-electron chi connectivity index (χ4n) is 1.36. The highest BCUT2D eigenvalue weighted by Gasteiger charge is 2.18. The normalized spacial score (nSPS) is 24.5. The summed E-state index contributed by atoms with van der Waals surface area (Å²) in [5.74, 6) is 0.709. The van der Waals surface area contributed by atoms with Crippen LogP contribution in [0.25, 0.3) is 0 Å². The summed E-state index contributed by atoms with van der Waals surface area (Å²) in [5.41, 5.74) is 0. The van der Waals surface area contributed by atoms with Crippen molar-refractivity contribution in [3.8, 4) is 0 Å². The number of piperidine rings is 1. The van der Waals surface area contributed by atoms with Gasteiger partial charge < -0.3 is 10.1 Å². The number of carbonyl (C=O) groups excluding carboxylic acids is 2. The van der Waals surface area contributed by atoms with Crippen LogP contribution >= 0.6 is 0 Å². The molecule has 1 fully saturated rings. The Labute approximate surface area is 66.2 Å². The van der Waals surface area contributed by atoms with Gasteiger partial charge in [-0.05, 0) is 19.3 Å². The van der Waals surface area contributed by atoms with Crippen molar-refractivity contribution in [2.45, 2.75) is 26.2 Å². The van der Waals surface area contributed by atoms with E-state index in [1.807, 2.05) is 0 Å².